The van der Waals surface area contributed by atoms with Crippen LogP contribution in [0.4, 0.5) is 0 Å². The van der Waals surface area contributed by atoms with Crippen LogP contribution in [0.3, 0.4) is 0 Å². The highest BCUT2D eigenvalue weighted by Gasteiger charge is 2.20. The van der Waals surface area contributed by atoms with Gasteiger partial charge in [-0.05, 0) is 48.3 Å². The van der Waals surface area contributed by atoms with Gasteiger partial charge in [-0.25, -0.2) is 4.68 Å². The standard InChI is InChI=1S/C22H27N5OS/c1-3-17-7-5-8-18(4-2)20(17)27-21(19-9-6-10-23-15-19)24-26(22(27)29)16-25-11-13-28-14-12-25/h5-10,15H,3-4,11-14,16H2,1-2H3. The maximum atomic E-state index is 5.96. The number of morpholine rings is 1. The molecular formula is C22H27N5OS. The summed E-state index contributed by atoms with van der Waals surface area (Å²) in [6.45, 7) is 8.32. The molecule has 152 valence electrons. The molecule has 29 heavy (non-hydrogen) atoms. The van der Waals surface area contributed by atoms with Gasteiger partial charge in [-0.1, -0.05) is 32.0 Å². The molecule has 0 radical (unpaired) electrons. The number of hydrogen-bond donors (Lipinski definition) is 0. The predicted octanol–water partition coefficient (Wildman–Crippen LogP) is 3.88. The van der Waals surface area contributed by atoms with Gasteiger partial charge in [0.15, 0.2) is 5.82 Å². The van der Waals surface area contributed by atoms with Crippen LogP contribution < -0.4 is 0 Å². The minimum absolute atomic E-state index is 0.665. The first-order valence-corrected chi connectivity index (χ1v) is 10.6. The molecule has 1 aromatic carbocycles. The smallest absolute Gasteiger partial charge is 0.204 e. The molecular weight excluding hydrogens is 382 g/mol. The summed E-state index contributed by atoms with van der Waals surface area (Å²) < 4.78 is 10.3. The summed E-state index contributed by atoms with van der Waals surface area (Å²) >= 11 is 5.96. The van der Waals surface area contributed by atoms with Crippen molar-refractivity contribution in [3.8, 4) is 17.1 Å². The zero-order valence-electron chi connectivity index (χ0n) is 17.0. The summed E-state index contributed by atoms with van der Waals surface area (Å²) in [5, 5.41) is 4.95. The predicted molar refractivity (Wildman–Crippen MR) is 117 cm³/mol. The molecule has 0 N–H and O–H groups in total. The number of aromatic nitrogens is 4. The quantitative estimate of drug-likeness (QED) is 0.578. The number of nitrogens with zero attached hydrogens (tertiary/aromatic N) is 5. The molecule has 3 aromatic rings. The van der Waals surface area contributed by atoms with Crippen molar-refractivity contribution in [2.45, 2.75) is 33.4 Å². The van der Waals surface area contributed by atoms with Gasteiger partial charge in [0.05, 0.1) is 25.6 Å². The van der Waals surface area contributed by atoms with Gasteiger partial charge in [-0.15, -0.1) is 5.10 Å². The van der Waals surface area contributed by atoms with E-state index in [-0.39, 0.29) is 0 Å². The van der Waals surface area contributed by atoms with Gasteiger partial charge in [0.25, 0.3) is 0 Å². The lowest BCUT2D eigenvalue weighted by molar-refractivity contribution is 0.0210. The van der Waals surface area contributed by atoms with Crippen LogP contribution in [0.5, 0.6) is 0 Å². The first-order valence-electron chi connectivity index (χ1n) is 10.2. The summed E-state index contributed by atoms with van der Waals surface area (Å²) in [6, 6.07) is 10.5. The van der Waals surface area contributed by atoms with Gasteiger partial charge in [0, 0.05) is 31.0 Å². The third-order valence-electron chi connectivity index (χ3n) is 5.39. The van der Waals surface area contributed by atoms with Crippen molar-refractivity contribution in [3.05, 3.63) is 58.6 Å². The second kappa shape index (κ2) is 8.98. The number of benzene rings is 1. The first-order chi connectivity index (χ1) is 14.2. The van der Waals surface area contributed by atoms with Crippen LogP contribution in [0.25, 0.3) is 17.1 Å². The number of aryl methyl sites for hydroxylation is 2. The second-order valence-corrected chi connectivity index (χ2v) is 7.55. The van der Waals surface area contributed by atoms with Crippen LogP contribution in [-0.2, 0) is 24.2 Å². The van der Waals surface area contributed by atoms with E-state index in [0.717, 1.165) is 56.2 Å². The van der Waals surface area contributed by atoms with Crippen molar-refractivity contribution in [3.63, 3.8) is 0 Å². The molecule has 0 saturated carbocycles. The van der Waals surface area contributed by atoms with E-state index in [1.54, 1.807) is 6.20 Å². The molecule has 0 spiro atoms. The molecule has 0 aliphatic carbocycles. The number of pyridine rings is 1. The number of para-hydroxylation sites is 1. The minimum Gasteiger partial charge on any atom is -0.379 e. The Bertz CT molecular complexity index is 999. The van der Waals surface area contributed by atoms with Gasteiger partial charge < -0.3 is 4.74 Å². The molecule has 2 aromatic heterocycles. The minimum atomic E-state index is 0.665. The monoisotopic (exact) mass is 409 g/mol. The lowest BCUT2D eigenvalue weighted by atomic mass is 10.0. The maximum Gasteiger partial charge on any atom is 0.204 e. The molecule has 1 saturated heterocycles. The highest BCUT2D eigenvalue weighted by Crippen LogP contribution is 2.28. The zero-order valence-corrected chi connectivity index (χ0v) is 17.9. The average Bonchev–Trinajstić information content (AvgIpc) is 3.10. The van der Waals surface area contributed by atoms with E-state index in [4.69, 9.17) is 22.1 Å². The molecule has 1 aliphatic rings. The van der Waals surface area contributed by atoms with Crippen molar-refractivity contribution in [1.29, 1.82) is 0 Å². The van der Waals surface area contributed by atoms with Crippen LogP contribution >= 0.6 is 12.2 Å². The van der Waals surface area contributed by atoms with Gasteiger partial charge in [-0.3, -0.25) is 14.5 Å². The molecule has 6 nitrogen and oxygen atoms in total. The Morgan fingerprint density at radius 3 is 2.38 bits per heavy atom. The lowest BCUT2D eigenvalue weighted by Gasteiger charge is -2.26. The maximum absolute atomic E-state index is 5.96. The Morgan fingerprint density at radius 1 is 1.03 bits per heavy atom. The molecule has 4 rings (SSSR count). The van der Waals surface area contributed by atoms with Crippen LogP contribution in [-0.4, -0.2) is 50.5 Å². The molecule has 0 unspecified atom stereocenters. The normalized spacial score (nSPS) is 15.0. The van der Waals surface area contributed by atoms with E-state index in [9.17, 15) is 0 Å². The Labute approximate surface area is 176 Å². The Hall–Kier alpha value is -2.35. The fourth-order valence-electron chi connectivity index (χ4n) is 3.82. The van der Waals surface area contributed by atoms with E-state index >= 15 is 0 Å². The van der Waals surface area contributed by atoms with Crippen molar-refractivity contribution in [2.24, 2.45) is 0 Å². The number of rotatable bonds is 6. The second-order valence-electron chi connectivity index (χ2n) is 7.19. The third kappa shape index (κ3) is 4.03. The molecule has 0 bridgehead atoms. The first kappa shape index (κ1) is 19.9. The summed E-state index contributed by atoms with van der Waals surface area (Å²) in [5.41, 5.74) is 4.68. The Kier molecular flexibility index (Phi) is 6.18. The molecule has 1 fully saturated rings. The third-order valence-corrected chi connectivity index (χ3v) is 5.78. The van der Waals surface area contributed by atoms with Crippen molar-refractivity contribution >= 4 is 12.2 Å². The SMILES string of the molecule is CCc1cccc(CC)c1-n1c(-c2cccnc2)nn(CN2CCOCC2)c1=S. The fourth-order valence-corrected chi connectivity index (χ4v) is 4.09. The van der Waals surface area contributed by atoms with E-state index in [1.807, 2.05) is 23.0 Å². The summed E-state index contributed by atoms with van der Waals surface area (Å²) in [4.78, 5) is 6.64. The van der Waals surface area contributed by atoms with E-state index in [2.05, 4.69) is 46.5 Å². The van der Waals surface area contributed by atoms with E-state index < -0.39 is 0 Å². The summed E-state index contributed by atoms with van der Waals surface area (Å²) in [5.74, 6) is 0.840. The molecule has 0 amide bonds. The van der Waals surface area contributed by atoms with Gasteiger partial charge in [0.2, 0.25) is 4.77 Å². The molecule has 0 atom stereocenters. The molecule has 1 aliphatic heterocycles. The summed E-state index contributed by atoms with van der Waals surface area (Å²) in [7, 11) is 0. The highest BCUT2D eigenvalue weighted by molar-refractivity contribution is 7.71. The Balaban J connectivity index is 1.90. The average molecular weight is 410 g/mol. The van der Waals surface area contributed by atoms with Gasteiger partial charge in [0.1, 0.15) is 0 Å². The van der Waals surface area contributed by atoms with Crippen molar-refractivity contribution < 1.29 is 4.74 Å². The largest absolute Gasteiger partial charge is 0.379 e. The van der Waals surface area contributed by atoms with Gasteiger partial charge >= 0.3 is 0 Å². The van der Waals surface area contributed by atoms with Crippen LogP contribution in [0.2, 0.25) is 0 Å². The zero-order chi connectivity index (χ0) is 20.2. The fraction of sp³-hybridized carbons (Fsp3) is 0.409. The molecule has 7 heteroatoms. The molecule has 3 heterocycles. The van der Waals surface area contributed by atoms with Crippen LogP contribution in [0.15, 0.2) is 42.7 Å². The van der Waals surface area contributed by atoms with Crippen molar-refractivity contribution in [1.82, 2.24) is 24.2 Å². The van der Waals surface area contributed by atoms with Crippen LogP contribution in [0, 0.1) is 4.77 Å². The van der Waals surface area contributed by atoms with Crippen LogP contribution in [0.1, 0.15) is 25.0 Å². The number of hydrogen-bond acceptors (Lipinski definition) is 5. The van der Waals surface area contributed by atoms with Gasteiger partial charge in [-0.2, -0.15) is 0 Å². The lowest BCUT2D eigenvalue weighted by Crippen LogP contribution is -2.37. The highest BCUT2D eigenvalue weighted by atomic mass is 32.1. The van der Waals surface area contributed by atoms with E-state index in [1.165, 1.54) is 11.1 Å². The van der Waals surface area contributed by atoms with Crippen molar-refractivity contribution in [2.75, 3.05) is 26.3 Å². The Morgan fingerprint density at radius 2 is 1.76 bits per heavy atom. The van der Waals surface area contributed by atoms with E-state index in [0.29, 0.717) is 11.4 Å². The summed E-state index contributed by atoms with van der Waals surface area (Å²) in [6.07, 6.45) is 5.51. The number of ether oxygens (including phenoxy) is 1. The topological polar surface area (TPSA) is 48.1 Å².